The van der Waals surface area contributed by atoms with Crippen LogP contribution in [0.15, 0.2) is 18.2 Å². The van der Waals surface area contributed by atoms with Gasteiger partial charge in [0.1, 0.15) is 0 Å². The Kier molecular flexibility index (Phi) is 5.49. The number of carbonyl (C=O) groups is 1. The van der Waals surface area contributed by atoms with Crippen LogP contribution in [0.3, 0.4) is 0 Å². The Morgan fingerprint density at radius 2 is 2.09 bits per heavy atom. The first kappa shape index (κ1) is 16.4. The van der Waals surface area contributed by atoms with Crippen LogP contribution in [0.5, 0.6) is 0 Å². The van der Waals surface area contributed by atoms with Crippen molar-refractivity contribution in [2.45, 2.75) is 45.1 Å². The fourth-order valence-corrected chi connectivity index (χ4v) is 3.10. The molecule has 0 heterocycles. The molecule has 1 fully saturated rings. The number of hydrogen-bond acceptors (Lipinski definition) is 4. The van der Waals surface area contributed by atoms with Crippen LogP contribution in [-0.2, 0) is 0 Å². The zero-order chi connectivity index (χ0) is 16.1. The Bertz CT molecular complexity index is 554. The summed E-state index contributed by atoms with van der Waals surface area (Å²) in [4.78, 5) is 22.9. The maximum absolute atomic E-state index is 12.4. The lowest BCUT2D eigenvalue weighted by Crippen LogP contribution is -2.45. The van der Waals surface area contributed by atoms with Crippen molar-refractivity contribution >= 4 is 11.6 Å². The molecule has 120 valence electrons. The summed E-state index contributed by atoms with van der Waals surface area (Å²) in [5.74, 6) is 0.118. The zero-order valence-electron chi connectivity index (χ0n) is 12.9. The largest absolute Gasteiger partial charge is 0.348 e. The summed E-state index contributed by atoms with van der Waals surface area (Å²) in [7, 11) is 0. The van der Waals surface area contributed by atoms with Crippen molar-refractivity contribution in [2.24, 2.45) is 11.7 Å². The van der Waals surface area contributed by atoms with E-state index in [-0.39, 0.29) is 17.6 Å². The van der Waals surface area contributed by atoms with E-state index in [1.165, 1.54) is 25.3 Å². The number of nitro groups is 1. The van der Waals surface area contributed by atoms with Crippen LogP contribution in [0, 0.1) is 23.0 Å². The van der Waals surface area contributed by atoms with E-state index in [0.717, 1.165) is 12.8 Å². The Morgan fingerprint density at radius 1 is 1.41 bits per heavy atom. The van der Waals surface area contributed by atoms with Gasteiger partial charge in [-0.25, -0.2) is 0 Å². The summed E-state index contributed by atoms with van der Waals surface area (Å²) in [6, 6.07) is 4.49. The van der Waals surface area contributed by atoms with E-state index in [1.807, 2.05) is 0 Å². The molecule has 0 saturated heterocycles. The molecule has 6 nitrogen and oxygen atoms in total. The van der Waals surface area contributed by atoms with Crippen molar-refractivity contribution in [1.82, 2.24) is 5.32 Å². The molecule has 0 bridgehead atoms. The van der Waals surface area contributed by atoms with E-state index in [2.05, 4.69) is 5.32 Å². The fraction of sp³-hybridized carbons (Fsp3) is 0.562. The first-order valence-corrected chi connectivity index (χ1v) is 7.79. The maximum atomic E-state index is 12.4. The number of rotatable bonds is 5. The van der Waals surface area contributed by atoms with Crippen LogP contribution in [0.25, 0.3) is 0 Å². The van der Waals surface area contributed by atoms with Crippen molar-refractivity contribution in [3.8, 4) is 0 Å². The van der Waals surface area contributed by atoms with Crippen LogP contribution < -0.4 is 11.1 Å². The van der Waals surface area contributed by atoms with Crippen molar-refractivity contribution in [3.05, 3.63) is 39.4 Å². The third kappa shape index (κ3) is 3.82. The van der Waals surface area contributed by atoms with Crippen LogP contribution in [0.2, 0.25) is 0 Å². The number of nitrogens with two attached hydrogens (primary N) is 1. The molecule has 1 amide bonds. The second-order valence-electron chi connectivity index (χ2n) is 5.97. The summed E-state index contributed by atoms with van der Waals surface area (Å²) in [6.07, 6.45) is 5.75. The lowest BCUT2D eigenvalue weighted by atomic mass is 9.84. The molecule has 3 N–H and O–H groups in total. The third-order valence-corrected chi connectivity index (χ3v) is 4.46. The minimum Gasteiger partial charge on any atom is -0.348 e. The van der Waals surface area contributed by atoms with Gasteiger partial charge in [0.15, 0.2) is 0 Å². The van der Waals surface area contributed by atoms with Gasteiger partial charge >= 0.3 is 0 Å². The second-order valence-corrected chi connectivity index (χ2v) is 5.97. The smallest absolute Gasteiger partial charge is 0.273 e. The Morgan fingerprint density at radius 3 is 2.68 bits per heavy atom. The van der Waals surface area contributed by atoms with Gasteiger partial charge in [-0.3, -0.25) is 14.9 Å². The number of carbonyl (C=O) groups excluding carboxylic acids is 1. The van der Waals surface area contributed by atoms with E-state index in [4.69, 9.17) is 5.73 Å². The van der Waals surface area contributed by atoms with Crippen LogP contribution in [-0.4, -0.2) is 23.4 Å². The van der Waals surface area contributed by atoms with Crippen LogP contribution in [0.1, 0.15) is 48.0 Å². The highest BCUT2D eigenvalue weighted by molar-refractivity contribution is 5.95. The quantitative estimate of drug-likeness (QED) is 0.645. The van der Waals surface area contributed by atoms with Gasteiger partial charge in [-0.05, 0) is 31.7 Å². The molecule has 22 heavy (non-hydrogen) atoms. The fourth-order valence-electron chi connectivity index (χ4n) is 3.10. The monoisotopic (exact) mass is 305 g/mol. The van der Waals surface area contributed by atoms with Gasteiger partial charge in [-0.1, -0.05) is 25.3 Å². The highest BCUT2D eigenvalue weighted by Crippen LogP contribution is 2.26. The van der Waals surface area contributed by atoms with Gasteiger partial charge in [0.25, 0.3) is 11.6 Å². The van der Waals surface area contributed by atoms with E-state index < -0.39 is 4.92 Å². The number of nitro benzene ring substituents is 1. The van der Waals surface area contributed by atoms with E-state index in [0.29, 0.717) is 23.6 Å². The molecule has 6 heteroatoms. The van der Waals surface area contributed by atoms with Crippen LogP contribution in [0.4, 0.5) is 5.69 Å². The summed E-state index contributed by atoms with van der Waals surface area (Å²) in [5, 5.41) is 13.9. The van der Waals surface area contributed by atoms with E-state index in [1.54, 1.807) is 19.1 Å². The number of nitrogens with one attached hydrogen (secondary N) is 1. The van der Waals surface area contributed by atoms with Gasteiger partial charge in [0, 0.05) is 29.8 Å². The number of benzene rings is 1. The number of nitrogens with zero attached hydrogens (tertiary/aromatic N) is 1. The molecule has 1 atom stereocenters. The minimum atomic E-state index is -0.465. The number of amides is 1. The lowest BCUT2D eigenvalue weighted by Gasteiger charge is -2.30. The lowest BCUT2D eigenvalue weighted by molar-refractivity contribution is -0.385. The average Bonchev–Trinajstić information content (AvgIpc) is 2.53. The standard InChI is InChI=1S/C16H23N3O3/c1-11-7-8-13(9-15(11)19(21)22)16(20)18-14(10-17)12-5-3-2-4-6-12/h7-9,12,14H,2-6,10,17H2,1H3,(H,18,20). The molecule has 1 aliphatic carbocycles. The first-order valence-electron chi connectivity index (χ1n) is 7.79. The molecule has 0 spiro atoms. The average molecular weight is 305 g/mol. The van der Waals surface area contributed by atoms with Crippen molar-refractivity contribution in [2.75, 3.05) is 6.54 Å². The molecule has 1 saturated carbocycles. The summed E-state index contributed by atoms with van der Waals surface area (Å²) in [5.41, 5.74) is 6.63. The molecular weight excluding hydrogens is 282 g/mol. The highest BCUT2D eigenvalue weighted by atomic mass is 16.6. The maximum Gasteiger partial charge on any atom is 0.273 e. The minimum absolute atomic E-state index is 0.0328. The third-order valence-electron chi connectivity index (χ3n) is 4.46. The first-order chi connectivity index (χ1) is 10.5. The van der Waals surface area contributed by atoms with E-state index >= 15 is 0 Å². The molecule has 0 aliphatic heterocycles. The molecule has 0 radical (unpaired) electrons. The molecular formula is C16H23N3O3. The van der Waals surface area contributed by atoms with Gasteiger partial charge in [0.05, 0.1) is 4.92 Å². The normalized spacial score (nSPS) is 17.0. The van der Waals surface area contributed by atoms with Crippen molar-refractivity contribution in [3.63, 3.8) is 0 Å². The van der Waals surface area contributed by atoms with Gasteiger partial charge in [0.2, 0.25) is 0 Å². The second kappa shape index (κ2) is 7.35. The van der Waals surface area contributed by atoms with E-state index in [9.17, 15) is 14.9 Å². The number of hydrogen-bond donors (Lipinski definition) is 2. The Hall–Kier alpha value is -1.95. The SMILES string of the molecule is Cc1ccc(C(=O)NC(CN)C2CCCCC2)cc1[N+](=O)[O-]. The van der Waals surface area contributed by atoms with Crippen molar-refractivity contribution in [1.29, 1.82) is 0 Å². The Balaban J connectivity index is 2.10. The molecule has 1 unspecified atom stereocenters. The summed E-state index contributed by atoms with van der Waals surface area (Å²) < 4.78 is 0. The van der Waals surface area contributed by atoms with Gasteiger partial charge < -0.3 is 11.1 Å². The van der Waals surface area contributed by atoms with Gasteiger partial charge in [-0.2, -0.15) is 0 Å². The molecule has 1 aromatic rings. The number of aryl methyl sites for hydroxylation is 1. The van der Waals surface area contributed by atoms with Crippen LogP contribution >= 0.6 is 0 Å². The molecule has 0 aromatic heterocycles. The summed E-state index contributed by atoms with van der Waals surface area (Å²) in [6.45, 7) is 2.05. The predicted molar refractivity (Wildman–Crippen MR) is 84.7 cm³/mol. The summed E-state index contributed by atoms with van der Waals surface area (Å²) >= 11 is 0. The molecule has 1 aromatic carbocycles. The van der Waals surface area contributed by atoms with Gasteiger partial charge in [-0.15, -0.1) is 0 Å². The highest BCUT2D eigenvalue weighted by Gasteiger charge is 2.25. The Labute approximate surface area is 130 Å². The topological polar surface area (TPSA) is 98.3 Å². The molecule has 2 rings (SSSR count). The zero-order valence-corrected chi connectivity index (χ0v) is 12.9. The van der Waals surface area contributed by atoms with Crippen molar-refractivity contribution < 1.29 is 9.72 Å². The predicted octanol–water partition coefficient (Wildman–Crippen LogP) is 2.54. The molecule has 1 aliphatic rings.